The van der Waals surface area contributed by atoms with Crippen LogP contribution >= 0.6 is 0 Å². The van der Waals surface area contributed by atoms with E-state index in [1.54, 1.807) is 7.11 Å². The van der Waals surface area contributed by atoms with Crippen molar-refractivity contribution in [3.8, 4) is 0 Å². The first-order chi connectivity index (χ1) is 12.2. The Morgan fingerprint density at radius 3 is 2.84 bits per heavy atom. The standard InChI is InChI=1S/C21H34N2O2/c1-3-20-9-6-11-23-12-10-21(19(20)23)15-7-4-5-8-16(15)22-17(21)14(13-20)18(24)25-2/h14-17,19,22H,3-13H2,1-2H3/t14-,15-,16+,17-,19-,20-,21-/m0/s1. The van der Waals surface area contributed by atoms with Crippen molar-refractivity contribution in [2.75, 3.05) is 20.2 Å². The normalized spacial score (nSPS) is 51.5. The van der Waals surface area contributed by atoms with Crippen LogP contribution in [0, 0.1) is 22.7 Å². The fourth-order valence-corrected chi connectivity index (χ4v) is 8.36. The first kappa shape index (κ1) is 16.6. The smallest absolute Gasteiger partial charge is 0.310 e. The third-order valence-corrected chi connectivity index (χ3v) is 9.07. The van der Waals surface area contributed by atoms with E-state index in [0.29, 0.717) is 29.0 Å². The summed E-state index contributed by atoms with van der Waals surface area (Å²) in [6.07, 6.45) is 11.6. The van der Waals surface area contributed by atoms with Crippen LogP contribution in [0.5, 0.6) is 0 Å². The van der Waals surface area contributed by atoms with E-state index in [1.165, 1.54) is 64.5 Å². The van der Waals surface area contributed by atoms with Crippen molar-refractivity contribution >= 4 is 5.97 Å². The van der Waals surface area contributed by atoms with Gasteiger partial charge in [0, 0.05) is 23.5 Å². The quantitative estimate of drug-likeness (QED) is 0.781. The molecule has 3 saturated heterocycles. The molecule has 4 heteroatoms. The number of nitrogens with zero attached hydrogens (tertiary/aromatic N) is 1. The fraction of sp³-hybridized carbons (Fsp3) is 0.952. The molecule has 0 unspecified atom stereocenters. The third-order valence-electron chi connectivity index (χ3n) is 9.07. The molecule has 0 aromatic carbocycles. The number of nitrogens with one attached hydrogen (secondary N) is 1. The highest BCUT2D eigenvalue weighted by molar-refractivity contribution is 5.74. The summed E-state index contributed by atoms with van der Waals surface area (Å²) in [6.45, 7) is 4.91. The van der Waals surface area contributed by atoms with Crippen LogP contribution in [0.1, 0.15) is 64.7 Å². The Morgan fingerprint density at radius 1 is 1.20 bits per heavy atom. The lowest BCUT2D eigenvalue weighted by molar-refractivity contribution is -0.160. The summed E-state index contributed by atoms with van der Waals surface area (Å²) in [4.78, 5) is 15.7. The van der Waals surface area contributed by atoms with Crippen molar-refractivity contribution in [2.45, 2.75) is 82.8 Å². The molecule has 140 valence electrons. The third kappa shape index (κ3) is 1.99. The lowest BCUT2D eigenvalue weighted by Gasteiger charge is -2.61. The second-order valence-corrected chi connectivity index (χ2v) is 9.60. The molecule has 0 radical (unpaired) electrons. The number of fused-ring (bicyclic) bond motifs is 1. The van der Waals surface area contributed by atoms with Gasteiger partial charge in [0.15, 0.2) is 0 Å². The van der Waals surface area contributed by atoms with Gasteiger partial charge in [-0.25, -0.2) is 0 Å². The average molecular weight is 347 g/mol. The molecule has 0 amide bonds. The summed E-state index contributed by atoms with van der Waals surface area (Å²) >= 11 is 0. The largest absolute Gasteiger partial charge is 0.469 e. The van der Waals surface area contributed by atoms with Crippen molar-refractivity contribution in [2.24, 2.45) is 22.7 Å². The second-order valence-electron chi connectivity index (χ2n) is 9.60. The number of carbonyl (C=O) groups excluding carboxylic acids is 1. The van der Waals surface area contributed by atoms with E-state index in [2.05, 4.69) is 17.1 Å². The molecule has 0 aromatic rings. The Hall–Kier alpha value is -0.610. The number of esters is 1. The highest BCUT2D eigenvalue weighted by atomic mass is 16.5. The molecular formula is C21H34N2O2. The monoisotopic (exact) mass is 346 g/mol. The van der Waals surface area contributed by atoms with E-state index in [9.17, 15) is 4.79 Å². The van der Waals surface area contributed by atoms with E-state index in [0.717, 1.165) is 12.3 Å². The van der Waals surface area contributed by atoms with Gasteiger partial charge in [0.05, 0.1) is 13.0 Å². The molecule has 2 aliphatic carbocycles. The van der Waals surface area contributed by atoms with Crippen LogP contribution in [0.15, 0.2) is 0 Å². The highest BCUT2D eigenvalue weighted by Crippen LogP contribution is 2.67. The van der Waals surface area contributed by atoms with Gasteiger partial charge in [-0.3, -0.25) is 9.69 Å². The Kier molecular flexibility index (Phi) is 3.77. The summed E-state index contributed by atoms with van der Waals surface area (Å²) in [5.41, 5.74) is 0.650. The van der Waals surface area contributed by atoms with Gasteiger partial charge in [-0.15, -0.1) is 0 Å². The van der Waals surface area contributed by atoms with Crippen LogP contribution in [0.3, 0.4) is 0 Å². The average Bonchev–Trinajstić information content (AvgIpc) is 3.21. The molecule has 5 rings (SSSR count). The van der Waals surface area contributed by atoms with Crippen molar-refractivity contribution in [3.63, 3.8) is 0 Å². The lowest BCUT2D eigenvalue weighted by Crippen LogP contribution is -2.66. The second kappa shape index (κ2) is 5.69. The predicted molar refractivity (Wildman–Crippen MR) is 97.2 cm³/mol. The van der Waals surface area contributed by atoms with E-state index in [4.69, 9.17) is 4.74 Å². The van der Waals surface area contributed by atoms with Crippen molar-refractivity contribution < 1.29 is 9.53 Å². The molecule has 4 nitrogen and oxygen atoms in total. The van der Waals surface area contributed by atoms with E-state index >= 15 is 0 Å². The zero-order valence-electron chi connectivity index (χ0n) is 15.9. The van der Waals surface area contributed by atoms with Crippen LogP contribution in [-0.4, -0.2) is 49.2 Å². The molecule has 1 N–H and O–H groups in total. The van der Waals surface area contributed by atoms with Crippen molar-refractivity contribution in [3.05, 3.63) is 0 Å². The molecule has 0 bridgehead atoms. The topological polar surface area (TPSA) is 41.6 Å². The lowest BCUT2D eigenvalue weighted by atomic mass is 9.47. The van der Waals surface area contributed by atoms with Gasteiger partial charge < -0.3 is 10.1 Å². The molecule has 0 aromatic heterocycles. The fourth-order valence-electron chi connectivity index (χ4n) is 8.36. The van der Waals surface area contributed by atoms with Crippen LogP contribution in [-0.2, 0) is 9.53 Å². The maximum absolute atomic E-state index is 12.8. The number of methoxy groups -OCH3 is 1. The minimum absolute atomic E-state index is 0.0471. The number of piperidine rings is 1. The van der Waals surface area contributed by atoms with Crippen LogP contribution in [0.2, 0.25) is 0 Å². The molecule has 5 aliphatic rings. The molecule has 5 fully saturated rings. The van der Waals surface area contributed by atoms with Gasteiger partial charge in [-0.2, -0.15) is 0 Å². The van der Waals surface area contributed by atoms with Crippen LogP contribution in [0.25, 0.3) is 0 Å². The van der Waals surface area contributed by atoms with Crippen LogP contribution < -0.4 is 5.32 Å². The first-order valence-corrected chi connectivity index (χ1v) is 10.7. The minimum atomic E-state index is 0.0471. The molecule has 1 spiro atoms. The van der Waals surface area contributed by atoms with E-state index < -0.39 is 0 Å². The number of hydrogen-bond acceptors (Lipinski definition) is 4. The SMILES string of the molecule is CC[C@]12CCCN3CC[C@@]4([C@H]5CCCC[C@H]5N[C@H]4[C@@H](C(=O)OC)C1)[C@@H]32. The highest BCUT2D eigenvalue weighted by Gasteiger charge is 2.72. The van der Waals surface area contributed by atoms with Gasteiger partial charge in [-0.05, 0) is 69.4 Å². The Labute approximate surface area is 152 Å². The number of hydrogen-bond donors (Lipinski definition) is 1. The molecule has 2 saturated carbocycles. The summed E-state index contributed by atoms with van der Waals surface area (Å²) in [5, 5.41) is 4.03. The maximum atomic E-state index is 12.8. The maximum Gasteiger partial charge on any atom is 0.310 e. The van der Waals surface area contributed by atoms with Gasteiger partial charge in [0.25, 0.3) is 0 Å². The summed E-state index contributed by atoms with van der Waals surface area (Å²) in [5.74, 6) is 0.883. The zero-order chi connectivity index (χ0) is 17.2. The summed E-state index contributed by atoms with van der Waals surface area (Å²) < 4.78 is 5.33. The minimum Gasteiger partial charge on any atom is -0.469 e. The van der Waals surface area contributed by atoms with Gasteiger partial charge >= 0.3 is 5.97 Å². The van der Waals surface area contributed by atoms with E-state index in [1.807, 2.05) is 0 Å². The Morgan fingerprint density at radius 2 is 2.04 bits per heavy atom. The van der Waals surface area contributed by atoms with Crippen molar-refractivity contribution in [1.29, 1.82) is 0 Å². The predicted octanol–water partition coefficient (Wildman–Crippen LogP) is 2.96. The number of rotatable bonds is 2. The van der Waals surface area contributed by atoms with Gasteiger partial charge in [-0.1, -0.05) is 19.8 Å². The summed E-state index contributed by atoms with van der Waals surface area (Å²) in [6, 6.07) is 1.69. The molecular weight excluding hydrogens is 312 g/mol. The van der Waals surface area contributed by atoms with Crippen LogP contribution in [0.4, 0.5) is 0 Å². The summed E-state index contributed by atoms with van der Waals surface area (Å²) in [7, 11) is 1.59. The Balaban J connectivity index is 1.65. The molecule has 3 aliphatic heterocycles. The van der Waals surface area contributed by atoms with E-state index in [-0.39, 0.29) is 11.9 Å². The zero-order valence-corrected chi connectivity index (χ0v) is 15.9. The molecule has 3 heterocycles. The molecule has 7 atom stereocenters. The van der Waals surface area contributed by atoms with Gasteiger partial charge in [0.1, 0.15) is 0 Å². The first-order valence-electron chi connectivity index (χ1n) is 10.7. The molecule has 25 heavy (non-hydrogen) atoms. The number of carbonyl (C=O) groups is 1. The Bertz CT molecular complexity index is 566. The van der Waals surface area contributed by atoms with Gasteiger partial charge in [0.2, 0.25) is 0 Å². The van der Waals surface area contributed by atoms with Crippen molar-refractivity contribution in [1.82, 2.24) is 10.2 Å². The number of ether oxygens (including phenoxy) is 1.